The van der Waals surface area contributed by atoms with E-state index in [1.807, 2.05) is 0 Å². The molecule has 0 aromatic carbocycles. The van der Waals surface area contributed by atoms with Gasteiger partial charge in [0.05, 0.1) is 0 Å². The normalized spacial score (nSPS) is 12.1. The smallest absolute Gasteiger partial charge is 0.306 e. The largest absolute Gasteiger partial charge is 0.462 e. The molecule has 6 heteroatoms. The van der Waals surface area contributed by atoms with E-state index in [2.05, 4.69) is 45.1 Å². The van der Waals surface area contributed by atoms with Crippen molar-refractivity contribution < 1.29 is 28.6 Å². The van der Waals surface area contributed by atoms with Gasteiger partial charge in [0.25, 0.3) is 0 Å². The zero-order valence-electron chi connectivity index (χ0n) is 51.6. The van der Waals surface area contributed by atoms with Crippen molar-refractivity contribution in [3.05, 3.63) is 24.3 Å². The van der Waals surface area contributed by atoms with Gasteiger partial charge in [-0.1, -0.05) is 321 Å². The molecule has 0 aromatic rings. The van der Waals surface area contributed by atoms with Gasteiger partial charge in [-0.3, -0.25) is 14.4 Å². The van der Waals surface area contributed by atoms with Crippen molar-refractivity contribution in [2.75, 3.05) is 13.2 Å². The molecule has 0 fully saturated rings. The van der Waals surface area contributed by atoms with Crippen LogP contribution in [0.3, 0.4) is 0 Å². The summed E-state index contributed by atoms with van der Waals surface area (Å²) in [5, 5.41) is 0. The van der Waals surface area contributed by atoms with Gasteiger partial charge in [0.1, 0.15) is 13.2 Å². The third-order valence-corrected chi connectivity index (χ3v) is 15.7. The molecule has 0 radical (unpaired) electrons. The molecule has 0 heterocycles. The summed E-state index contributed by atoms with van der Waals surface area (Å²) >= 11 is 0. The highest BCUT2D eigenvalue weighted by Gasteiger charge is 2.19. The molecule has 0 saturated heterocycles. The maximum Gasteiger partial charge on any atom is 0.306 e. The first kappa shape index (κ1) is 73.9. The van der Waals surface area contributed by atoms with Gasteiger partial charge in [0.15, 0.2) is 6.10 Å². The highest BCUT2D eigenvalue weighted by atomic mass is 16.6. The van der Waals surface area contributed by atoms with Crippen molar-refractivity contribution in [2.24, 2.45) is 0 Å². The van der Waals surface area contributed by atoms with Gasteiger partial charge in [-0.25, -0.2) is 0 Å². The lowest BCUT2D eigenvalue weighted by molar-refractivity contribution is -0.167. The van der Waals surface area contributed by atoms with E-state index in [0.29, 0.717) is 19.3 Å². The Labute approximate surface area is 474 Å². The van der Waals surface area contributed by atoms with E-state index < -0.39 is 6.10 Å². The highest BCUT2D eigenvalue weighted by molar-refractivity contribution is 5.71. The van der Waals surface area contributed by atoms with Gasteiger partial charge in [0, 0.05) is 19.3 Å². The first-order valence-electron chi connectivity index (χ1n) is 34.3. The fourth-order valence-corrected chi connectivity index (χ4v) is 10.5. The molecule has 0 aliphatic heterocycles. The molecule has 0 aliphatic rings. The van der Waals surface area contributed by atoms with Gasteiger partial charge >= 0.3 is 17.9 Å². The van der Waals surface area contributed by atoms with E-state index in [1.54, 1.807) is 0 Å². The van der Waals surface area contributed by atoms with Crippen LogP contribution in [0.5, 0.6) is 0 Å². The first-order chi connectivity index (χ1) is 37.5. The minimum Gasteiger partial charge on any atom is -0.462 e. The number of ether oxygens (including phenoxy) is 3. The van der Waals surface area contributed by atoms with Crippen LogP contribution >= 0.6 is 0 Å². The van der Waals surface area contributed by atoms with Crippen LogP contribution in [-0.2, 0) is 28.6 Å². The number of esters is 3. The van der Waals surface area contributed by atoms with Crippen LogP contribution in [0, 0.1) is 0 Å². The molecule has 0 amide bonds. The van der Waals surface area contributed by atoms with E-state index in [0.717, 1.165) is 64.2 Å². The molecule has 0 saturated carbocycles. The molecule has 0 rings (SSSR count). The average Bonchev–Trinajstić information content (AvgIpc) is 3.42. The van der Waals surface area contributed by atoms with Crippen LogP contribution in [0.4, 0.5) is 0 Å². The lowest BCUT2D eigenvalue weighted by Crippen LogP contribution is -2.30. The summed E-state index contributed by atoms with van der Waals surface area (Å²) in [7, 11) is 0. The van der Waals surface area contributed by atoms with Gasteiger partial charge in [-0.2, -0.15) is 0 Å². The zero-order chi connectivity index (χ0) is 55.0. The van der Waals surface area contributed by atoms with Gasteiger partial charge < -0.3 is 14.2 Å². The lowest BCUT2D eigenvalue weighted by Gasteiger charge is -2.18. The van der Waals surface area contributed by atoms with Gasteiger partial charge in [0.2, 0.25) is 0 Å². The number of hydrogen-bond donors (Lipinski definition) is 0. The Kier molecular flexibility index (Phi) is 63.6. The van der Waals surface area contributed by atoms with Crippen LogP contribution in [-0.4, -0.2) is 37.2 Å². The molecule has 0 bridgehead atoms. The zero-order valence-corrected chi connectivity index (χ0v) is 51.6. The molecule has 0 aromatic heterocycles. The van der Waals surface area contributed by atoms with E-state index in [1.165, 1.54) is 283 Å². The number of carbonyl (C=O) groups excluding carboxylic acids is 3. The van der Waals surface area contributed by atoms with Crippen LogP contribution in [0.1, 0.15) is 387 Å². The second-order valence-electron chi connectivity index (χ2n) is 23.4. The molecule has 0 spiro atoms. The van der Waals surface area contributed by atoms with Crippen molar-refractivity contribution in [3.8, 4) is 0 Å². The van der Waals surface area contributed by atoms with Gasteiger partial charge in [-0.15, -0.1) is 0 Å². The van der Waals surface area contributed by atoms with E-state index in [9.17, 15) is 14.4 Å². The summed E-state index contributed by atoms with van der Waals surface area (Å²) in [6.07, 6.45) is 79.5. The SMILES string of the molecule is CCCCCC/C=C\CCCCCCCC(=O)OC(COC(=O)CCCCCCCCCCCC)COC(=O)CCCCCCCCCCCCCCCCCCCCCCCCC/C=C\CCCCCCCCCC. The number of unbranched alkanes of at least 4 members (excludes halogenated alkanes) is 49. The average molecular weight is 1070 g/mol. The second kappa shape index (κ2) is 65.4. The molecule has 1 atom stereocenters. The van der Waals surface area contributed by atoms with Crippen molar-refractivity contribution in [1.29, 1.82) is 0 Å². The number of rotatable bonds is 64. The highest BCUT2D eigenvalue weighted by Crippen LogP contribution is 2.18. The van der Waals surface area contributed by atoms with E-state index >= 15 is 0 Å². The minimum atomic E-state index is -0.770. The topological polar surface area (TPSA) is 78.9 Å². The lowest BCUT2D eigenvalue weighted by atomic mass is 10.0. The Morgan fingerprint density at radius 3 is 0.671 bits per heavy atom. The number of allylic oxidation sites excluding steroid dienone is 4. The molecule has 448 valence electrons. The maximum absolute atomic E-state index is 12.8. The first-order valence-corrected chi connectivity index (χ1v) is 34.3. The van der Waals surface area contributed by atoms with Crippen LogP contribution in [0.2, 0.25) is 0 Å². The predicted octanol–water partition coefficient (Wildman–Crippen LogP) is 23.4. The molecule has 6 nitrogen and oxygen atoms in total. The van der Waals surface area contributed by atoms with Gasteiger partial charge in [-0.05, 0) is 70.6 Å². The third-order valence-electron chi connectivity index (χ3n) is 15.7. The molecular weight excluding hydrogens is 937 g/mol. The fraction of sp³-hybridized carbons (Fsp3) is 0.900. The number of hydrogen-bond acceptors (Lipinski definition) is 6. The Hall–Kier alpha value is -2.11. The third kappa shape index (κ3) is 62.7. The summed E-state index contributed by atoms with van der Waals surface area (Å²) in [6.45, 7) is 6.66. The van der Waals surface area contributed by atoms with Crippen LogP contribution in [0.15, 0.2) is 24.3 Å². The Morgan fingerprint density at radius 1 is 0.250 bits per heavy atom. The summed E-state index contributed by atoms with van der Waals surface area (Å²) < 4.78 is 16.9. The molecule has 0 aliphatic carbocycles. The maximum atomic E-state index is 12.8. The second-order valence-corrected chi connectivity index (χ2v) is 23.4. The van der Waals surface area contributed by atoms with Crippen LogP contribution in [0.25, 0.3) is 0 Å². The van der Waals surface area contributed by atoms with Crippen molar-refractivity contribution in [3.63, 3.8) is 0 Å². The molecule has 0 N–H and O–H groups in total. The minimum absolute atomic E-state index is 0.0687. The summed E-state index contributed by atoms with van der Waals surface area (Å²) in [6, 6.07) is 0. The fourth-order valence-electron chi connectivity index (χ4n) is 10.5. The molecular formula is C70H132O6. The quantitative estimate of drug-likeness (QED) is 0.0261. The Morgan fingerprint density at radius 2 is 0.434 bits per heavy atom. The van der Waals surface area contributed by atoms with Crippen molar-refractivity contribution in [2.45, 2.75) is 393 Å². The molecule has 1 unspecified atom stereocenters. The Balaban J connectivity index is 3.95. The van der Waals surface area contributed by atoms with Crippen molar-refractivity contribution >= 4 is 17.9 Å². The molecule has 76 heavy (non-hydrogen) atoms. The Bertz CT molecular complexity index is 1230. The van der Waals surface area contributed by atoms with E-state index in [4.69, 9.17) is 14.2 Å². The standard InChI is InChI=1S/C70H132O6/c1-4-7-10-13-16-19-22-24-25-26-27-28-29-30-31-32-33-34-35-36-37-38-39-40-41-42-43-44-45-47-48-51-54-57-60-63-69(72)75-66-67(65-74-68(71)62-59-56-53-50-21-18-15-12-9-6-3)76-70(73)64-61-58-55-52-49-46-23-20-17-14-11-8-5-2/h20,23,26-27,67H,4-19,21-22,24-25,28-66H2,1-3H3/b23-20-,27-26-. The van der Waals surface area contributed by atoms with Crippen molar-refractivity contribution in [1.82, 2.24) is 0 Å². The van der Waals surface area contributed by atoms with Crippen LogP contribution < -0.4 is 0 Å². The number of carbonyl (C=O) groups is 3. The summed E-state index contributed by atoms with van der Waals surface area (Å²) in [4.78, 5) is 38.1. The predicted molar refractivity (Wildman–Crippen MR) is 330 cm³/mol. The monoisotopic (exact) mass is 1070 g/mol. The summed E-state index contributed by atoms with van der Waals surface area (Å²) in [5.41, 5.74) is 0. The van der Waals surface area contributed by atoms with E-state index in [-0.39, 0.29) is 31.1 Å². The summed E-state index contributed by atoms with van der Waals surface area (Å²) in [5.74, 6) is -0.855.